The Labute approximate surface area is 120 Å². The Bertz CT molecular complexity index is 455. The molecule has 1 aromatic rings. The van der Waals surface area contributed by atoms with Crippen LogP contribution in [0.5, 0.6) is 0 Å². The number of carbonyl (C=O) groups is 1. The lowest BCUT2D eigenvalue weighted by Crippen LogP contribution is -2.32. The summed E-state index contributed by atoms with van der Waals surface area (Å²) in [6, 6.07) is 0. The summed E-state index contributed by atoms with van der Waals surface area (Å²) in [7, 11) is 0. The van der Waals surface area contributed by atoms with E-state index in [4.69, 9.17) is 5.73 Å². The maximum absolute atomic E-state index is 12.5. The van der Waals surface area contributed by atoms with E-state index in [9.17, 15) is 4.79 Å². The van der Waals surface area contributed by atoms with Crippen LogP contribution in [-0.2, 0) is 6.42 Å². The Morgan fingerprint density at radius 2 is 2.20 bits per heavy atom. The van der Waals surface area contributed by atoms with Gasteiger partial charge in [-0.1, -0.05) is 26.7 Å². The first-order valence-corrected chi connectivity index (χ1v) is 7.79. The lowest BCUT2D eigenvalue weighted by molar-refractivity contribution is 0.0755. The number of nitrogens with one attached hydrogen (secondary N) is 1. The third-order valence-corrected chi connectivity index (χ3v) is 4.30. The number of nitrogens with two attached hydrogens (primary N) is 1. The van der Waals surface area contributed by atoms with E-state index in [0.717, 1.165) is 50.4 Å². The lowest BCUT2D eigenvalue weighted by Gasteiger charge is -2.19. The number of amides is 1. The van der Waals surface area contributed by atoms with Gasteiger partial charge in [0.25, 0.3) is 5.91 Å². The molecule has 1 aliphatic rings. The number of carbonyl (C=O) groups excluding carboxylic acids is 1. The molecule has 112 valence electrons. The molecule has 2 heterocycles. The second-order valence-electron chi connectivity index (χ2n) is 5.71. The van der Waals surface area contributed by atoms with E-state index in [2.05, 4.69) is 24.0 Å². The minimum atomic E-state index is -0.0159. The average Bonchev–Trinajstić information content (AvgIpc) is 2.68. The molecule has 1 saturated heterocycles. The van der Waals surface area contributed by atoms with Gasteiger partial charge in [0.05, 0.1) is 11.4 Å². The zero-order valence-electron chi connectivity index (χ0n) is 12.6. The van der Waals surface area contributed by atoms with Crippen molar-refractivity contribution in [1.29, 1.82) is 0 Å². The van der Waals surface area contributed by atoms with E-state index in [1.54, 1.807) is 0 Å². The molecular weight excluding hydrogens is 252 g/mol. The Morgan fingerprint density at radius 1 is 1.40 bits per heavy atom. The highest BCUT2D eigenvalue weighted by Crippen LogP contribution is 2.23. The van der Waals surface area contributed by atoms with Crippen molar-refractivity contribution in [1.82, 2.24) is 15.1 Å². The van der Waals surface area contributed by atoms with E-state index in [-0.39, 0.29) is 5.91 Å². The Balaban J connectivity index is 2.07. The highest BCUT2D eigenvalue weighted by Gasteiger charge is 2.25. The molecule has 3 N–H and O–H groups in total. The Kier molecular flexibility index (Phi) is 5.04. The molecule has 0 saturated carbocycles. The predicted octanol–water partition coefficient (Wildman–Crippen LogP) is 2.60. The minimum Gasteiger partial charge on any atom is -0.395 e. The van der Waals surface area contributed by atoms with Crippen LogP contribution >= 0.6 is 0 Å². The summed E-state index contributed by atoms with van der Waals surface area (Å²) in [5.41, 5.74) is 7.88. The van der Waals surface area contributed by atoms with E-state index >= 15 is 0 Å². The number of aromatic nitrogens is 2. The van der Waals surface area contributed by atoms with Crippen molar-refractivity contribution < 1.29 is 4.79 Å². The number of hydrogen-bond acceptors (Lipinski definition) is 3. The van der Waals surface area contributed by atoms with Crippen LogP contribution in [0.4, 0.5) is 5.69 Å². The topological polar surface area (TPSA) is 75.0 Å². The molecule has 0 aliphatic carbocycles. The molecule has 1 aromatic heterocycles. The first-order valence-electron chi connectivity index (χ1n) is 7.79. The smallest absolute Gasteiger partial charge is 0.276 e. The highest BCUT2D eigenvalue weighted by molar-refractivity contribution is 5.97. The van der Waals surface area contributed by atoms with Crippen LogP contribution in [0, 0.1) is 5.92 Å². The molecule has 20 heavy (non-hydrogen) atoms. The average molecular weight is 278 g/mol. The van der Waals surface area contributed by atoms with Gasteiger partial charge in [-0.15, -0.1) is 0 Å². The summed E-state index contributed by atoms with van der Waals surface area (Å²) in [4.78, 5) is 14.5. The Morgan fingerprint density at radius 3 is 2.90 bits per heavy atom. The van der Waals surface area contributed by atoms with Gasteiger partial charge in [-0.3, -0.25) is 9.89 Å². The minimum absolute atomic E-state index is 0.0159. The highest BCUT2D eigenvalue weighted by atomic mass is 16.2. The summed E-state index contributed by atoms with van der Waals surface area (Å²) < 4.78 is 0. The summed E-state index contributed by atoms with van der Waals surface area (Å²) >= 11 is 0. The summed E-state index contributed by atoms with van der Waals surface area (Å²) in [5, 5.41) is 7.05. The SMILES string of the molecule is CCCc1[nH]nc(C(=O)N2CCCC(CC)CC2)c1N. The molecule has 1 aliphatic heterocycles. The fourth-order valence-corrected chi connectivity index (χ4v) is 2.92. The predicted molar refractivity (Wildman–Crippen MR) is 80.5 cm³/mol. The van der Waals surface area contributed by atoms with Crippen molar-refractivity contribution in [3.63, 3.8) is 0 Å². The molecule has 1 atom stereocenters. The second-order valence-corrected chi connectivity index (χ2v) is 5.71. The van der Waals surface area contributed by atoms with Crippen molar-refractivity contribution in [3.8, 4) is 0 Å². The molecule has 2 rings (SSSR count). The first kappa shape index (κ1) is 14.9. The van der Waals surface area contributed by atoms with E-state index in [1.165, 1.54) is 12.8 Å². The molecular formula is C15H26N4O. The maximum Gasteiger partial charge on any atom is 0.276 e. The van der Waals surface area contributed by atoms with Crippen molar-refractivity contribution in [3.05, 3.63) is 11.4 Å². The number of likely N-dealkylation sites (tertiary alicyclic amines) is 1. The molecule has 0 radical (unpaired) electrons. The quantitative estimate of drug-likeness (QED) is 0.889. The van der Waals surface area contributed by atoms with Gasteiger partial charge in [0.15, 0.2) is 5.69 Å². The summed E-state index contributed by atoms with van der Waals surface area (Å²) in [5.74, 6) is 0.734. The van der Waals surface area contributed by atoms with Crippen LogP contribution in [0.1, 0.15) is 62.1 Å². The number of rotatable bonds is 4. The van der Waals surface area contributed by atoms with Gasteiger partial charge < -0.3 is 10.6 Å². The fourth-order valence-electron chi connectivity index (χ4n) is 2.92. The second kappa shape index (κ2) is 6.77. The van der Waals surface area contributed by atoms with Crippen molar-refractivity contribution >= 4 is 11.6 Å². The van der Waals surface area contributed by atoms with Crippen LogP contribution in [0.3, 0.4) is 0 Å². The fraction of sp³-hybridized carbons (Fsp3) is 0.733. The van der Waals surface area contributed by atoms with Gasteiger partial charge in [-0.05, 0) is 31.6 Å². The zero-order chi connectivity index (χ0) is 14.5. The van der Waals surface area contributed by atoms with Crippen LogP contribution in [0.15, 0.2) is 0 Å². The number of hydrogen-bond donors (Lipinski definition) is 2. The zero-order valence-corrected chi connectivity index (χ0v) is 12.6. The van der Waals surface area contributed by atoms with Crippen LogP contribution in [-0.4, -0.2) is 34.1 Å². The van der Waals surface area contributed by atoms with Gasteiger partial charge in [0.2, 0.25) is 0 Å². The third kappa shape index (κ3) is 3.14. The maximum atomic E-state index is 12.5. The standard InChI is InChI=1S/C15H26N4O/c1-3-6-12-13(16)14(18-17-12)15(20)19-9-5-7-11(4-2)8-10-19/h11H,3-10,16H2,1-2H3,(H,17,18). The summed E-state index contributed by atoms with van der Waals surface area (Å²) in [6.07, 6.45) is 6.42. The lowest BCUT2D eigenvalue weighted by atomic mass is 9.98. The van der Waals surface area contributed by atoms with Crippen molar-refractivity contribution in [2.45, 2.75) is 52.4 Å². The molecule has 1 amide bonds. The van der Waals surface area contributed by atoms with Crippen molar-refractivity contribution in [2.75, 3.05) is 18.8 Å². The van der Waals surface area contributed by atoms with Gasteiger partial charge >= 0.3 is 0 Å². The molecule has 0 spiro atoms. The molecule has 0 bridgehead atoms. The van der Waals surface area contributed by atoms with Crippen LogP contribution < -0.4 is 5.73 Å². The number of nitrogens with zero attached hydrogens (tertiary/aromatic N) is 2. The number of aromatic amines is 1. The molecule has 0 aromatic carbocycles. The van der Waals surface area contributed by atoms with Crippen LogP contribution in [0.2, 0.25) is 0 Å². The molecule has 5 heteroatoms. The van der Waals surface area contributed by atoms with E-state index in [0.29, 0.717) is 11.4 Å². The monoisotopic (exact) mass is 278 g/mol. The number of H-pyrrole nitrogens is 1. The molecule has 1 unspecified atom stereocenters. The van der Waals surface area contributed by atoms with Crippen molar-refractivity contribution in [2.24, 2.45) is 5.92 Å². The van der Waals surface area contributed by atoms with Gasteiger partial charge in [-0.25, -0.2) is 0 Å². The van der Waals surface area contributed by atoms with Crippen LogP contribution in [0.25, 0.3) is 0 Å². The number of nitrogen functional groups attached to an aromatic ring is 1. The first-order chi connectivity index (χ1) is 9.67. The van der Waals surface area contributed by atoms with Gasteiger partial charge in [0.1, 0.15) is 0 Å². The third-order valence-electron chi connectivity index (χ3n) is 4.30. The van der Waals surface area contributed by atoms with E-state index in [1.807, 2.05) is 4.90 Å². The number of aryl methyl sites for hydroxylation is 1. The number of anilines is 1. The van der Waals surface area contributed by atoms with Gasteiger partial charge in [0, 0.05) is 13.1 Å². The molecule has 5 nitrogen and oxygen atoms in total. The van der Waals surface area contributed by atoms with E-state index < -0.39 is 0 Å². The Hall–Kier alpha value is -1.52. The molecule has 1 fully saturated rings. The van der Waals surface area contributed by atoms with Gasteiger partial charge in [-0.2, -0.15) is 5.10 Å². The summed E-state index contributed by atoms with van der Waals surface area (Å²) in [6.45, 7) is 5.96. The largest absolute Gasteiger partial charge is 0.395 e. The normalized spacial score (nSPS) is 19.9.